The molecule has 0 saturated carbocycles. The van der Waals surface area contributed by atoms with Gasteiger partial charge in [-0.15, -0.1) is 0 Å². The van der Waals surface area contributed by atoms with Crippen LogP contribution in [0.5, 0.6) is 0 Å². The van der Waals surface area contributed by atoms with Crippen molar-refractivity contribution in [1.82, 2.24) is 4.90 Å². The van der Waals surface area contributed by atoms with Crippen LogP contribution in [0.15, 0.2) is 30.3 Å². The number of rotatable bonds is 2. The van der Waals surface area contributed by atoms with Gasteiger partial charge < -0.3 is 9.80 Å². The van der Waals surface area contributed by atoms with E-state index in [1.807, 2.05) is 24.3 Å². The van der Waals surface area contributed by atoms with E-state index in [-0.39, 0.29) is 12.3 Å². The molecule has 0 atom stereocenters. The summed E-state index contributed by atoms with van der Waals surface area (Å²) in [6, 6.07) is 12.1. The normalized spacial score (nSPS) is 15.5. The van der Waals surface area contributed by atoms with Gasteiger partial charge in [0.15, 0.2) is 0 Å². The number of carbonyl (C=O) groups is 1. The second-order valence-corrected chi connectivity index (χ2v) is 4.04. The van der Waals surface area contributed by atoms with Gasteiger partial charge in [-0.25, -0.2) is 0 Å². The molecule has 1 aliphatic heterocycles. The fourth-order valence-corrected chi connectivity index (χ4v) is 2.03. The van der Waals surface area contributed by atoms with Crippen LogP contribution in [0.25, 0.3) is 0 Å². The van der Waals surface area contributed by atoms with Crippen LogP contribution in [0.4, 0.5) is 5.69 Å². The molecule has 88 valence electrons. The van der Waals surface area contributed by atoms with Gasteiger partial charge in [0, 0.05) is 31.9 Å². The van der Waals surface area contributed by atoms with Crippen molar-refractivity contribution in [1.29, 1.82) is 5.26 Å². The van der Waals surface area contributed by atoms with Crippen molar-refractivity contribution >= 4 is 11.6 Å². The van der Waals surface area contributed by atoms with E-state index in [9.17, 15) is 4.79 Å². The summed E-state index contributed by atoms with van der Waals surface area (Å²) in [6.45, 7) is 3.08. The van der Waals surface area contributed by atoms with E-state index in [0.717, 1.165) is 13.1 Å². The lowest BCUT2D eigenvalue weighted by Crippen LogP contribution is -2.48. The first-order valence-electron chi connectivity index (χ1n) is 5.76. The van der Waals surface area contributed by atoms with E-state index in [0.29, 0.717) is 13.1 Å². The van der Waals surface area contributed by atoms with Gasteiger partial charge in [-0.1, -0.05) is 18.2 Å². The zero-order chi connectivity index (χ0) is 12.1. The van der Waals surface area contributed by atoms with Gasteiger partial charge in [0.2, 0.25) is 5.91 Å². The number of nitrogens with zero attached hydrogens (tertiary/aromatic N) is 3. The number of piperazine rings is 1. The lowest BCUT2D eigenvalue weighted by Gasteiger charge is -2.35. The molecular weight excluding hydrogens is 214 g/mol. The Morgan fingerprint density at radius 2 is 1.82 bits per heavy atom. The smallest absolute Gasteiger partial charge is 0.236 e. The molecule has 1 aromatic carbocycles. The van der Waals surface area contributed by atoms with E-state index in [1.165, 1.54) is 5.69 Å². The van der Waals surface area contributed by atoms with E-state index in [2.05, 4.69) is 17.0 Å². The number of amides is 1. The molecule has 1 amide bonds. The summed E-state index contributed by atoms with van der Waals surface area (Å²) in [4.78, 5) is 15.6. The van der Waals surface area contributed by atoms with Gasteiger partial charge in [-0.3, -0.25) is 4.79 Å². The number of nitriles is 1. The molecule has 2 rings (SSSR count). The second-order valence-electron chi connectivity index (χ2n) is 4.04. The highest BCUT2D eigenvalue weighted by Gasteiger charge is 2.20. The van der Waals surface area contributed by atoms with Crippen molar-refractivity contribution < 1.29 is 4.79 Å². The van der Waals surface area contributed by atoms with Gasteiger partial charge >= 0.3 is 0 Å². The molecule has 1 aliphatic rings. The van der Waals surface area contributed by atoms with E-state index >= 15 is 0 Å². The first-order chi connectivity index (χ1) is 8.31. The molecule has 1 saturated heterocycles. The highest BCUT2D eigenvalue weighted by atomic mass is 16.2. The van der Waals surface area contributed by atoms with Gasteiger partial charge in [0.25, 0.3) is 0 Å². The quantitative estimate of drug-likeness (QED) is 0.766. The van der Waals surface area contributed by atoms with Gasteiger partial charge in [-0.05, 0) is 12.1 Å². The van der Waals surface area contributed by atoms with Crippen LogP contribution in [0.3, 0.4) is 0 Å². The lowest BCUT2D eigenvalue weighted by atomic mass is 10.2. The summed E-state index contributed by atoms with van der Waals surface area (Å²) >= 11 is 0. The number of para-hydroxylation sites is 1. The molecule has 0 aromatic heterocycles. The average Bonchev–Trinajstić information content (AvgIpc) is 2.40. The Morgan fingerprint density at radius 3 is 2.41 bits per heavy atom. The highest BCUT2D eigenvalue weighted by Crippen LogP contribution is 2.15. The standard InChI is InChI=1S/C13H15N3O/c14-7-6-13(17)16-10-8-15(9-11-16)12-4-2-1-3-5-12/h1-5H,6,8-11H2. The minimum atomic E-state index is -0.0554. The molecule has 17 heavy (non-hydrogen) atoms. The summed E-state index contributed by atoms with van der Waals surface area (Å²) < 4.78 is 0. The maximum atomic E-state index is 11.5. The minimum absolute atomic E-state index is 0.00859. The maximum absolute atomic E-state index is 11.5. The fraction of sp³-hybridized carbons (Fsp3) is 0.385. The molecule has 0 bridgehead atoms. The molecule has 0 radical (unpaired) electrons. The van der Waals surface area contributed by atoms with Crippen LogP contribution in [0, 0.1) is 11.3 Å². The monoisotopic (exact) mass is 229 g/mol. The number of carbonyl (C=O) groups excluding carboxylic acids is 1. The molecular formula is C13H15N3O. The molecule has 0 aliphatic carbocycles. The first-order valence-corrected chi connectivity index (χ1v) is 5.76. The number of benzene rings is 1. The van der Waals surface area contributed by atoms with Crippen molar-refractivity contribution in [2.24, 2.45) is 0 Å². The van der Waals surface area contributed by atoms with E-state index in [4.69, 9.17) is 5.26 Å². The van der Waals surface area contributed by atoms with Gasteiger partial charge in [0.1, 0.15) is 6.42 Å². The average molecular weight is 229 g/mol. The number of hydrogen-bond donors (Lipinski definition) is 0. The molecule has 0 spiro atoms. The largest absolute Gasteiger partial charge is 0.368 e. The van der Waals surface area contributed by atoms with Crippen molar-refractivity contribution in [2.45, 2.75) is 6.42 Å². The summed E-state index contributed by atoms with van der Waals surface area (Å²) in [5.41, 5.74) is 1.19. The molecule has 4 heteroatoms. The Labute approximate surface area is 101 Å². The molecule has 0 unspecified atom stereocenters. The Morgan fingerprint density at radius 1 is 1.18 bits per heavy atom. The van der Waals surface area contributed by atoms with Gasteiger partial charge in [0.05, 0.1) is 6.07 Å². The third kappa shape index (κ3) is 2.76. The Kier molecular flexibility index (Phi) is 3.61. The third-order valence-corrected chi connectivity index (χ3v) is 2.98. The van der Waals surface area contributed by atoms with E-state index < -0.39 is 0 Å². The zero-order valence-electron chi connectivity index (χ0n) is 9.67. The Balaban J connectivity index is 1.91. The fourth-order valence-electron chi connectivity index (χ4n) is 2.03. The molecule has 4 nitrogen and oxygen atoms in total. The molecule has 0 N–H and O–H groups in total. The zero-order valence-corrected chi connectivity index (χ0v) is 9.67. The van der Waals surface area contributed by atoms with Crippen molar-refractivity contribution in [3.63, 3.8) is 0 Å². The second kappa shape index (κ2) is 5.35. The summed E-state index contributed by atoms with van der Waals surface area (Å²) in [5.74, 6) is -0.0554. The Hall–Kier alpha value is -2.02. The summed E-state index contributed by atoms with van der Waals surface area (Å²) in [5, 5.41) is 8.49. The summed E-state index contributed by atoms with van der Waals surface area (Å²) in [6.07, 6.45) is -0.00859. The maximum Gasteiger partial charge on any atom is 0.236 e. The third-order valence-electron chi connectivity index (χ3n) is 2.98. The van der Waals surface area contributed by atoms with Crippen LogP contribution in [-0.4, -0.2) is 37.0 Å². The summed E-state index contributed by atoms with van der Waals surface area (Å²) in [7, 11) is 0. The number of anilines is 1. The predicted octanol–water partition coefficient (Wildman–Crippen LogP) is 1.25. The predicted molar refractivity (Wildman–Crippen MR) is 65.5 cm³/mol. The lowest BCUT2D eigenvalue weighted by molar-refractivity contribution is -0.130. The van der Waals surface area contributed by atoms with Crippen LogP contribution < -0.4 is 4.90 Å². The molecule has 1 aromatic rings. The van der Waals surface area contributed by atoms with Crippen LogP contribution >= 0.6 is 0 Å². The van der Waals surface area contributed by atoms with Gasteiger partial charge in [-0.2, -0.15) is 5.26 Å². The highest BCUT2D eigenvalue weighted by molar-refractivity contribution is 5.78. The van der Waals surface area contributed by atoms with Crippen molar-refractivity contribution in [3.8, 4) is 6.07 Å². The van der Waals surface area contributed by atoms with Crippen LogP contribution in [-0.2, 0) is 4.79 Å². The molecule has 1 fully saturated rings. The van der Waals surface area contributed by atoms with E-state index in [1.54, 1.807) is 4.90 Å². The molecule has 1 heterocycles. The first kappa shape index (κ1) is 11.5. The SMILES string of the molecule is N#CCC(=O)N1CCN(c2ccccc2)CC1. The number of hydrogen-bond acceptors (Lipinski definition) is 3. The topological polar surface area (TPSA) is 47.3 Å². The van der Waals surface area contributed by atoms with Crippen molar-refractivity contribution in [2.75, 3.05) is 31.1 Å². The van der Waals surface area contributed by atoms with Crippen molar-refractivity contribution in [3.05, 3.63) is 30.3 Å². The minimum Gasteiger partial charge on any atom is -0.368 e. The van der Waals surface area contributed by atoms with Crippen LogP contribution in [0.2, 0.25) is 0 Å². The van der Waals surface area contributed by atoms with Crippen LogP contribution in [0.1, 0.15) is 6.42 Å². The Bertz CT molecular complexity index is 416.